The number of nitrogens with zero attached hydrogens (tertiary/aromatic N) is 4. The van der Waals surface area contributed by atoms with E-state index in [2.05, 4.69) is 21.4 Å². The predicted octanol–water partition coefficient (Wildman–Crippen LogP) is 2.68. The van der Waals surface area contributed by atoms with Gasteiger partial charge in [-0.1, -0.05) is 0 Å². The molecule has 0 spiro atoms. The molecule has 0 aliphatic carbocycles. The largest absolute Gasteiger partial charge is 0.497 e. The van der Waals surface area contributed by atoms with Crippen LogP contribution in [0.2, 0.25) is 0 Å². The van der Waals surface area contributed by atoms with Crippen molar-refractivity contribution in [3.8, 4) is 5.75 Å². The molecule has 1 saturated heterocycles. The molecule has 3 heterocycles. The van der Waals surface area contributed by atoms with Gasteiger partial charge in [-0.25, -0.2) is 4.98 Å². The van der Waals surface area contributed by atoms with Crippen LogP contribution in [0.3, 0.4) is 0 Å². The number of carbonyl (C=O) groups is 1. The fourth-order valence-electron chi connectivity index (χ4n) is 3.78. The molecule has 1 atom stereocenters. The van der Waals surface area contributed by atoms with Crippen LogP contribution >= 0.6 is 0 Å². The smallest absolute Gasteiger partial charge is 0.269 e. The Kier molecular flexibility index (Phi) is 4.90. The van der Waals surface area contributed by atoms with E-state index in [1.807, 2.05) is 37.3 Å². The zero-order valence-corrected chi connectivity index (χ0v) is 16.5. The molecule has 1 N–H and O–H groups in total. The van der Waals surface area contributed by atoms with Gasteiger partial charge in [0.1, 0.15) is 17.3 Å². The van der Waals surface area contributed by atoms with Gasteiger partial charge in [0, 0.05) is 31.6 Å². The van der Waals surface area contributed by atoms with Crippen LogP contribution in [0.15, 0.2) is 36.4 Å². The monoisotopic (exact) mass is 379 g/mol. The van der Waals surface area contributed by atoms with Crippen molar-refractivity contribution in [1.29, 1.82) is 0 Å². The Labute approximate surface area is 164 Å². The molecule has 7 nitrogen and oxygen atoms in total. The van der Waals surface area contributed by atoms with E-state index in [4.69, 9.17) is 9.72 Å². The summed E-state index contributed by atoms with van der Waals surface area (Å²) < 4.78 is 6.91. The average Bonchev–Trinajstić information content (AvgIpc) is 3.05. The Bertz CT molecular complexity index is 1010. The van der Waals surface area contributed by atoms with E-state index in [0.717, 1.165) is 54.1 Å². The van der Waals surface area contributed by atoms with E-state index in [9.17, 15) is 4.79 Å². The molecule has 1 aliphatic heterocycles. The topological polar surface area (TPSA) is 72.3 Å². The summed E-state index contributed by atoms with van der Waals surface area (Å²) in [6.45, 7) is 3.57. The van der Waals surface area contributed by atoms with Crippen molar-refractivity contribution >= 4 is 22.6 Å². The number of nitrogens with one attached hydrogen (secondary N) is 1. The van der Waals surface area contributed by atoms with Crippen LogP contribution in [-0.4, -0.2) is 46.9 Å². The number of carbonyl (C=O) groups excluding carboxylic acids is 1. The van der Waals surface area contributed by atoms with Crippen LogP contribution in [0, 0.1) is 6.92 Å². The second-order valence-electron chi connectivity index (χ2n) is 7.28. The summed E-state index contributed by atoms with van der Waals surface area (Å²) in [5.41, 5.74) is 2.37. The van der Waals surface area contributed by atoms with Crippen molar-refractivity contribution in [1.82, 2.24) is 20.1 Å². The highest BCUT2D eigenvalue weighted by molar-refractivity contribution is 5.93. The molecule has 1 unspecified atom stereocenters. The first-order valence-electron chi connectivity index (χ1n) is 9.55. The fraction of sp³-hybridized carbons (Fsp3) is 0.381. The molecule has 0 radical (unpaired) electrons. The van der Waals surface area contributed by atoms with Crippen LogP contribution < -0.4 is 15.0 Å². The third-order valence-corrected chi connectivity index (χ3v) is 5.20. The first kappa shape index (κ1) is 18.3. The van der Waals surface area contributed by atoms with Gasteiger partial charge >= 0.3 is 0 Å². The molecule has 7 heteroatoms. The Hall–Kier alpha value is -3.09. The van der Waals surface area contributed by atoms with Crippen LogP contribution in [0.1, 0.15) is 29.0 Å². The minimum Gasteiger partial charge on any atom is -0.497 e. The number of aryl methyl sites for hydroxylation is 2. The number of pyridine rings is 1. The summed E-state index contributed by atoms with van der Waals surface area (Å²) in [5.74, 6) is 1.69. The molecule has 4 rings (SSSR count). The quantitative estimate of drug-likeness (QED) is 0.755. The number of hydrogen-bond donors (Lipinski definition) is 1. The van der Waals surface area contributed by atoms with Gasteiger partial charge in [-0.2, -0.15) is 5.10 Å². The van der Waals surface area contributed by atoms with Gasteiger partial charge in [-0.3, -0.25) is 9.48 Å². The number of hydrogen-bond acceptors (Lipinski definition) is 5. The zero-order valence-electron chi connectivity index (χ0n) is 16.5. The number of rotatable bonds is 4. The number of benzene rings is 1. The van der Waals surface area contributed by atoms with Crippen LogP contribution in [0.5, 0.6) is 5.75 Å². The summed E-state index contributed by atoms with van der Waals surface area (Å²) in [5, 5.41) is 8.46. The van der Waals surface area contributed by atoms with E-state index in [0.29, 0.717) is 5.69 Å². The van der Waals surface area contributed by atoms with E-state index in [-0.39, 0.29) is 11.9 Å². The Morgan fingerprint density at radius 1 is 1.25 bits per heavy atom. The summed E-state index contributed by atoms with van der Waals surface area (Å²) in [6, 6.07) is 11.9. The lowest BCUT2D eigenvalue weighted by Crippen LogP contribution is -2.48. The maximum Gasteiger partial charge on any atom is 0.269 e. The zero-order chi connectivity index (χ0) is 19.7. The van der Waals surface area contributed by atoms with Gasteiger partial charge in [-0.05, 0) is 56.2 Å². The van der Waals surface area contributed by atoms with Crippen molar-refractivity contribution in [2.45, 2.75) is 25.8 Å². The average molecular weight is 379 g/mol. The summed E-state index contributed by atoms with van der Waals surface area (Å²) in [4.78, 5) is 19.7. The Balaban J connectivity index is 1.48. The van der Waals surface area contributed by atoms with Gasteiger partial charge in [0.2, 0.25) is 0 Å². The standard InChI is InChI=1S/C21H25N5O2/c1-14-11-19(25(2)24-14)21(27)22-16-5-4-10-26(13-16)20-9-6-15-12-17(28-3)7-8-18(15)23-20/h6-9,11-12,16H,4-5,10,13H2,1-3H3,(H,22,27). The number of fused-ring (bicyclic) bond motifs is 1. The number of ether oxygens (including phenoxy) is 1. The maximum absolute atomic E-state index is 12.6. The highest BCUT2D eigenvalue weighted by Crippen LogP contribution is 2.24. The summed E-state index contributed by atoms with van der Waals surface area (Å²) in [7, 11) is 3.46. The fourth-order valence-corrected chi connectivity index (χ4v) is 3.78. The van der Waals surface area contributed by atoms with Crippen molar-refractivity contribution in [2.24, 2.45) is 7.05 Å². The first-order chi connectivity index (χ1) is 13.5. The van der Waals surface area contributed by atoms with Gasteiger partial charge < -0.3 is 15.0 Å². The van der Waals surface area contributed by atoms with E-state index >= 15 is 0 Å². The van der Waals surface area contributed by atoms with Crippen LogP contribution in [-0.2, 0) is 7.05 Å². The normalized spacial score (nSPS) is 17.0. The SMILES string of the molecule is COc1ccc2nc(N3CCCC(NC(=O)c4cc(C)nn4C)C3)ccc2c1. The minimum absolute atomic E-state index is 0.0754. The van der Waals surface area contributed by atoms with Crippen molar-refractivity contribution in [2.75, 3.05) is 25.1 Å². The molecule has 1 aromatic carbocycles. The molecule has 1 fully saturated rings. The number of amides is 1. The summed E-state index contributed by atoms with van der Waals surface area (Å²) >= 11 is 0. The predicted molar refractivity (Wildman–Crippen MR) is 109 cm³/mol. The number of methoxy groups -OCH3 is 1. The maximum atomic E-state index is 12.6. The Morgan fingerprint density at radius 3 is 2.86 bits per heavy atom. The minimum atomic E-state index is -0.0754. The lowest BCUT2D eigenvalue weighted by Gasteiger charge is -2.34. The summed E-state index contributed by atoms with van der Waals surface area (Å²) in [6.07, 6.45) is 1.97. The first-order valence-corrected chi connectivity index (χ1v) is 9.55. The molecule has 0 saturated carbocycles. The van der Waals surface area contributed by atoms with Gasteiger partial charge in [0.25, 0.3) is 5.91 Å². The molecule has 1 amide bonds. The third kappa shape index (κ3) is 3.65. The molecule has 0 bridgehead atoms. The third-order valence-electron chi connectivity index (χ3n) is 5.20. The lowest BCUT2D eigenvalue weighted by atomic mass is 10.1. The molecule has 28 heavy (non-hydrogen) atoms. The highest BCUT2D eigenvalue weighted by atomic mass is 16.5. The van der Waals surface area contributed by atoms with E-state index in [1.54, 1.807) is 18.8 Å². The van der Waals surface area contributed by atoms with Crippen molar-refractivity contribution in [3.05, 3.63) is 47.8 Å². The van der Waals surface area contributed by atoms with Crippen molar-refractivity contribution < 1.29 is 9.53 Å². The number of aromatic nitrogens is 3. The molecule has 3 aromatic rings. The molecule has 2 aromatic heterocycles. The lowest BCUT2D eigenvalue weighted by molar-refractivity contribution is 0.0923. The number of piperidine rings is 1. The Morgan fingerprint density at radius 2 is 2.11 bits per heavy atom. The van der Waals surface area contributed by atoms with Crippen LogP contribution in [0.4, 0.5) is 5.82 Å². The molecular formula is C21H25N5O2. The number of anilines is 1. The highest BCUT2D eigenvalue weighted by Gasteiger charge is 2.24. The van der Waals surface area contributed by atoms with Gasteiger partial charge in [-0.15, -0.1) is 0 Å². The molecular weight excluding hydrogens is 354 g/mol. The van der Waals surface area contributed by atoms with Gasteiger partial charge in [0.05, 0.1) is 18.3 Å². The van der Waals surface area contributed by atoms with Gasteiger partial charge in [0.15, 0.2) is 0 Å². The van der Waals surface area contributed by atoms with Crippen molar-refractivity contribution in [3.63, 3.8) is 0 Å². The second-order valence-corrected chi connectivity index (χ2v) is 7.28. The van der Waals surface area contributed by atoms with Crippen LogP contribution in [0.25, 0.3) is 10.9 Å². The van der Waals surface area contributed by atoms with E-state index in [1.165, 1.54) is 0 Å². The molecule has 1 aliphatic rings. The van der Waals surface area contributed by atoms with E-state index < -0.39 is 0 Å². The molecule has 146 valence electrons. The second kappa shape index (κ2) is 7.50.